The van der Waals surface area contributed by atoms with E-state index in [-0.39, 0.29) is 40.1 Å². The lowest BCUT2D eigenvalue weighted by Gasteiger charge is -2.71. The Labute approximate surface area is 272 Å². The molecule has 1 aliphatic heterocycles. The molecule has 10 heteroatoms. The van der Waals surface area contributed by atoms with Gasteiger partial charge >= 0.3 is 11.9 Å². The molecule has 14 atom stereocenters. The average Bonchev–Trinajstić information content (AvgIpc) is 2.98. The Balaban J connectivity index is 1.31. The van der Waals surface area contributed by atoms with E-state index in [9.17, 15) is 40.2 Å². The van der Waals surface area contributed by atoms with Crippen LogP contribution < -0.4 is 0 Å². The van der Waals surface area contributed by atoms with E-state index in [0.717, 1.165) is 51.4 Å². The minimum absolute atomic E-state index is 0.0352. The van der Waals surface area contributed by atoms with Crippen LogP contribution >= 0.6 is 0 Å². The normalized spacial score (nSPS) is 53.1. The molecule has 1 saturated heterocycles. The summed E-state index contributed by atoms with van der Waals surface area (Å²) in [5.74, 6) is -1.70. The quantitative estimate of drug-likeness (QED) is 0.188. The van der Waals surface area contributed by atoms with Gasteiger partial charge in [-0.3, -0.25) is 4.79 Å². The van der Waals surface area contributed by atoms with Gasteiger partial charge in [-0.15, -0.1) is 0 Å². The number of carboxylic acid groups (broad SMARTS) is 2. The number of carboxylic acids is 2. The molecule has 0 amide bonds. The molecule has 0 radical (unpaired) electrons. The van der Waals surface area contributed by atoms with Gasteiger partial charge in [0.1, 0.15) is 18.3 Å². The summed E-state index contributed by atoms with van der Waals surface area (Å²) in [4.78, 5) is 24.7. The Morgan fingerprint density at radius 1 is 0.870 bits per heavy atom. The first-order chi connectivity index (χ1) is 21.3. The van der Waals surface area contributed by atoms with Crippen molar-refractivity contribution >= 4 is 11.9 Å². The van der Waals surface area contributed by atoms with Crippen molar-refractivity contribution in [1.82, 2.24) is 0 Å². The number of rotatable bonds is 5. The van der Waals surface area contributed by atoms with E-state index in [1.165, 1.54) is 5.57 Å². The van der Waals surface area contributed by atoms with Gasteiger partial charge < -0.3 is 40.1 Å². The molecule has 0 aromatic carbocycles. The smallest absolute Gasteiger partial charge is 0.335 e. The highest BCUT2D eigenvalue weighted by Crippen LogP contribution is 2.76. The second kappa shape index (κ2) is 11.0. The number of aliphatic hydroxyl groups excluding tert-OH is 4. The first kappa shape index (κ1) is 34.3. The van der Waals surface area contributed by atoms with Crippen molar-refractivity contribution in [2.24, 2.45) is 50.2 Å². The minimum Gasteiger partial charge on any atom is -0.481 e. The summed E-state index contributed by atoms with van der Waals surface area (Å²) in [5.41, 5.74) is -0.309. The molecule has 6 N–H and O–H groups in total. The number of carbonyl (C=O) groups is 2. The molecular formula is C36H56O10. The van der Waals surface area contributed by atoms with Crippen molar-refractivity contribution in [3.8, 4) is 0 Å². The van der Waals surface area contributed by atoms with Crippen LogP contribution in [0.4, 0.5) is 0 Å². The third-order valence-corrected chi connectivity index (χ3v) is 15.3. The Morgan fingerprint density at radius 3 is 2.17 bits per heavy atom. The molecule has 0 aromatic heterocycles. The van der Waals surface area contributed by atoms with Crippen LogP contribution in [0.2, 0.25) is 0 Å². The fourth-order valence-electron chi connectivity index (χ4n) is 12.2. The summed E-state index contributed by atoms with van der Waals surface area (Å²) in [6.07, 6.45) is 1.53. The highest BCUT2D eigenvalue weighted by atomic mass is 16.7. The Kier molecular flexibility index (Phi) is 8.18. The predicted molar refractivity (Wildman–Crippen MR) is 167 cm³/mol. The predicted octanol–water partition coefficient (Wildman–Crippen LogP) is 4.12. The summed E-state index contributed by atoms with van der Waals surface area (Å²) in [6, 6.07) is 0. The molecule has 0 unspecified atom stereocenters. The molecule has 0 spiro atoms. The van der Waals surface area contributed by atoms with E-state index >= 15 is 0 Å². The molecule has 10 nitrogen and oxygen atoms in total. The second-order valence-electron chi connectivity index (χ2n) is 17.7. The van der Waals surface area contributed by atoms with Crippen molar-refractivity contribution in [1.29, 1.82) is 0 Å². The average molecular weight is 649 g/mol. The highest BCUT2D eigenvalue weighted by molar-refractivity contribution is 5.76. The van der Waals surface area contributed by atoms with Crippen molar-refractivity contribution in [3.63, 3.8) is 0 Å². The van der Waals surface area contributed by atoms with Crippen LogP contribution in [-0.2, 0) is 19.1 Å². The number of aliphatic hydroxyl groups is 4. The van der Waals surface area contributed by atoms with Gasteiger partial charge in [0.25, 0.3) is 0 Å². The Morgan fingerprint density at radius 2 is 1.54 bits per heavy atom. The lowest BCUT2D eigenvalue weighted by atomic mass is 9.33. The zero-order chi connectivity index (χ0) is 33.8. The lowest BCUT2D eigenvalue weighted by molar-refractivity contribution is -0.327. The maximum absolute atomic E-state index is 12.9. The molecule has 4 saturated carbocycles. The van der Waals surface area contributed by atoms with E-state index < -0.39 is 59.6 Å². The third-order valence-electron chi connectivity index (χ3n) is 15.3. The van der Waals surface area contributed by atoms with Crippen LogP contribution in [0.25, 0.3) is 0 Å². The number of allylic oxidation sites excluding steroid dienone is 2. The standard InChI is InChI=1S/C36H56O10/c1-31(2)13-15-36(30(43)44)16-14-34(5)19(20(36)17-31)7-8-22-32(3)11-10-23(33(4,18-37)21(32)9-12-35(22,34)6)45-29-26(40)24(38)25(39)27(46-29)28(41)42/h7,20-27,29,37-40H,8-18H2,1-6H3,(H,41,42)(H,43,44)/t20-,21-,22-,23+,24+,25+,26-,27+,29-,32+,33-,34-,35-,36+/m1/s1. The maximum atomic E-state index is 12.9. The summed E-state index contributed by atoms with van der Waals surface area (Å²) in [6.45, 7) is 13.6. The van der Waals surface area contributed by atoms with Gasteiger partial charge in [0.15, 0.2) is 12.4 Å². The summed E-state index contributed by atoms with van der Waals surface area (Å²) < 4.78 is 11.8. The number of hydrogen-bond acceptors (Lipinski definition) is 8. The second-order valence-corrected chi connectivity index (χ2v) is 17.7. The topological polar surface area (TPSA) is 174 Å². The van der Waals surface area contributed by atoms with E-state index in [4.69, 9.17) is 9.47 Å². The monoisotopic (exact) mass is 648 g/mol. The van der Waals surface area contributed by atoms with Crippen molar-refractivity contribution < 1.29 is 49.7 Å². The summed E-state index contributed by atoms with van der Waals surface area (Å²) >= 11 is 0. The first-order valence-corrected chi connectivity index (χ1v) is 17.4. The fraction of sp³-hybridized carbons (Fsp3) is 0.889. The van der Waals surface area contributed by atoms with Crippen LogP contribution in [-0.4, -0.2) is 86.0 Å². The van der Waals surface area contributed by atoms with Crippen molar-refractivity contribution in [2.45, 2.75) is 143 Å². The van der Waals surface area contributed by atoms with Gasteiger partial charge in [-0.1, -0.05) is 53.2 Å². The van der Waals surface area contributed by atoms with Crippen LogP contribution in [0.15, 0.2) is 11.6 Å². The fourth-order valence-corrected chi connectivity index (χ4v) is 12.2. The van der Waals surface area contributed by atoms with E-state index in [1.807, 2.05) is 6.92 Å². The van der Waals surface area contributed by atoms with Crippen LogP contribution in [0.1, 0.15) is 106 Å². The van der Waals surface area contributed by atoms with Crippen LogP contribution in [0.5, 0.6) is 0 Å². The zero-order valence-corrected chi connectivity index (χ0v) is 28.4. The Bertz CT molecular complexity index is 1280. The number of fused-ring (bicyclic) bond motifs is 7. The molecule has 1 heterocycles. The number of hydrogen-bond donors (Lipinski definition) is 6. The van der Waals surface area contributed by atoms with Crippen molar-refractivity contribution in [2.75, 3.05) is 6.61 Å². The van der Waals surface area contributed by atoms with Crippen LogP contribution in [0.3, 0.4) is 0 Å². The zero-order valence-electron chi connectivity index (χ0n) is 28.4. The number of ether oxygens (including phenoxy) is 2. The molecule has 0 bridgehead atoms. The lowest BCUT2D eigenvalue weighted by Crippen LogP contribution is -2.67. The van der Waals surface area contributed by atoms with Gasteiger partial charge in [0, 0.05) is 5.41 Å². The van der Waals surface area contributed by atoms with Gasteiger partial charge in [-0.25, -0.2) is 4.79 Å². The minimum atomic E-state index is -1.80. The molecule has 6 aliphatic rings. The molecule has 260 valence electrons. The summed E-state index contributed by atoms with van der Waals surface area (Å²) in [5, 5.41) is 62.4. The van der Waals surface area contributed by atoms with Gasteiger partial charge in [0.2, 0.25) is 0 Å². The number of aliphatic carboxylic acids is 2. The van der Waals surface area contributed by atoms with Crippen molar-refractivity contribution in [3.05, 3.63) is 11.6 Å². The van der Waals surface area contributed by atoms with Gasteiger partial charge in [0.05, 0.1) is 18.1 Å². The molecule has 6 rings (SSSR count). The summed E-state index contributed by atoms with van der Waals surface area (Å²) in [7, 11) is 0. The molecule has 0 aromatic rings. The molecule has 46 heavy (non-hydrogen) atoms. The molecule has 5 fully saturated rings. The Hall–Kier alpha value is -1.56. The molecular weight excluding hydrogens is 592 g/mol. The van der Waals surface area contributed by atoms with Crippen LogP contribution in [0, 0.1) is 50.2 Å². The SMILES string of the molecule is CC1(C)CC[C@]2(C(=O)O)CC[C@]3(C)C(=CC[C@@H]4[C@@]5(C)CC[C@H](O[C@@H]6O[C@H](C(=O)O)[C@@H](O)[C@H](O)[C@H]6O)[C@](C)(CO)[C@@H]5CC[C@]43C)[C@H]2C1. The van der Waals surface area contributed by atoms with Gasteiger partial charge in [-0.2, -0.15) is 0 Å². The van der Waals surface area contributed by atoms with Gasteiger partial charge in [-0.05, 0) is 104 Å². The highest BCUT2D eigenvalue weighted by Gasteiger charge is 2.70. The van der Waals surface area contributed by atoms with E-state index in [0.29, 0.717) is 18.8 Å². The first-order valence-electron chi connectivity index (χ1n) is 17.4. The maximum Gasteiger partial charge on any atom is 0.335 e. The third kappa shape index (κ3) is 4.56. The largest absolute Gasteiger partial charge is 0.481 e. The van der Waals surface area contributed by atoms with E-state index in [1.54, 1.807) is 0 Å². The van der Waals surface area contributed by atoms with E-state index in [2.05, 4.69) is 40.7 Å². The molecule has 5 aliphatic carbocycles.